The average Bonchev–Trinajstić information content (AvgIpc) is 2.51. The molecule has 3 N–H and O–H groups in total. The molecule has 21 heavy (non-hydrogen) atoms. The molecule has 0 saturated carbocycles. The van der Waals surface area contributed by atoms with Crippen molar-refractivity contribution in [2.75, 3.05) is 16.9 Å². The van der Waals surface area contributed by atoms with Crippen LogP contribution in [0.2, 0.25) is 0 Å². The van der Waals surface area contributed by atoms with E-state index < -0.39 is 0 Å². The molecule has 0 spiro atoms. The van der Waals surface area contributed by atoms with Gasteiger partial charge in [0.15, 0.2) is 0 Å². The highest BCUT2D eigenvalue weighted by Gasteiger charge is 2.11. The largest absolute Gasteiger partial charge is 0.351 e. The Hall–Kier alpha value is -2.72. The van der Waals surface area contributed by atoms with Crippen LogP contribution in [0.4, 0.5) is 11.6 Å². The van der Waals surface area contributed by atoms with Crippen molar-refractivity contribution in [3.05, 3.63) is 42.0 Å². The van der Waals surface area contributed by atoms with E-state index in [2.05, 4.69) is 26.4 Å². The number of nitrogens with two attached hydrogens (primary N) is 1. The molecule has 0 aromatic carbocycles. The Kier molecular flexibility index (Phi) is 5.01. The zero-order valence-electron chi connectivity index (χ0n) is 11.8. The molecule has 7 nitrogen and oxygen atoms in total. The van der Waals surface area contributed by atoms with Gasteiger partial charge in [0.1, 0.15) is 17.5 Å². The second-order valence-electron chi connectivity index (χ2n) is 4.49. The summed E-state index contributed by atoms with van der Waals surface area (Å²) in [5, 5.41) is 8.83. The highest BCUT2D eigenvalue weighted by atomic mass is 15.3. The van der Waals surface area contributed by atoms with Gasteiger partial charge >= 0.3 is 0 Å². The molecule has 2 rings (SSSR count). The monoisotopic (exact) mass is 283 g/mol. The fourth-order valence-corrected chi connectivity index (χ4v) is 1.96. The van der Waals surface area contributed by atoms with Crippen LogP contribution in [0.3, 0.4) is 0 Å². The number of nitrogen functional groups attached to an aromatic ring is 1. The van der Waals surface area contributed by atoms with E-state index in [9.17, 15) is 0 Å². The Labute approximate surface area is 123 Å². The van der Waals surface area contributed by atoms with Crippen molar-refractivity contribution in [1.82, 2.24) is 15.0 Å². The van der Waals surface area contributed by atoms with Gasteiger partial charge < -0.3 is 10.3 Å². The Morgan fingerprint density at radius 1 is 1.43 bits per heavy atom. The number of pyridine rings is 1. The van der Waals surface area contributed by atoms with Gasteiger partial charge in [-0.15, -0.1) is 0 Å². The van der Waals surface area contributed by atoms with Crippen LogP contribution in [0.25, 0.3) is 0 Å². The van der Waals surface area contributed by atoms with Crippen molar-refractivity contribution in [2.24, 2.45) is 5.84 Å². The van der Waals surface area contributed by atoms with Gasteiger partial charge in [-0.1, -0.05) is 6.07 Å². The molecule has 0 radical (unpaired) electrons. The molecule has 2 aromatic heterocycles. The third-order valence-corrected chi connectivity index (χ3v) is 2.89. The number of anilines is 2. The van der Waals surface area contributed by atoms with E-state index in [-0.39, 0.29) is 0 Å². The summed E-state index contributed by atoms with van der Waals surface area (Å²) in [5.41, 5.74) is 3.58. The molecule has 0 unspecified atom stereocenters. The Balaban J connectivity index is 2.27. The Morgan fingerprint density at radius 3 is 2.95 bits per heavy atom. The van der Waals surface area contributed by atoms with E-state index >= 15 is 0 Å². The molecule has 0 saturated heterocycles. The van der Waals surface area contributed by atoms with Gasteiger partial charge in [0.2, 0.25) is 0 Å². The SMILES string of the molecule is Cc1nc(NN)cc(N(CCC#N)Cc2cccnc2)n1. The number of aryl methyl sites for hydroxylation is 1. The lowest BCUT2D eigenvalue weighted by molar-refractivity contribution is 0.774. The van der Waals surface area contributed by atoms with E-state index in [1.165, 1.54) is 0 Å². The minimum atomic E-state index is 0.411. The number of hydrazine groups is 1. The molecule has 2 heterocycles. The normalized spacial score (nSPS) is 9.95. The van der Waals surface area contributed by atoms with Crippen LogP contribution in [-0.4, -0.2) is 21.5 Å². The molecular formula is C14H17N7. The standard InChI is InChI=1S/C14H17N7/c1-11-18-13(20-16)8-14(19-11)21(7-3-5-15)10-12-4-2-6-17-9-12/h2,4,6,8-9H,3,7,10,16H2,1H3,(H,18,19,20). The van der Waals surface area contributed by atoms with Crippen molar-refractivity contribution in [3.63, 3.8) is 0 Å². The van der Waals surface area contributed by atoms with E-state index in [1.807, 2.05) is 17.0 Å². The second-order valence-corrected chi connectivity index (χ2v) is 4.49. The summed E-state index contributed by atoms with van der Waals surface area (Å²) in [7, 11) is 0. The zero-order valence-corrected chi connectivity index (χ0v) is 11.8. The molecule has 2 aromatic rings. The predicted molar refractivity (Wildman–Crippen MR) is 80.1 cm³/mol. The number of hydrogen-bond donors (Lipinski definition) is 2. The fraction of sp³-hybridized carbons (Fsp3) is 0.286. The molecular weight excluding hydrogens is 266 g/mol. The lowest BCUT2D eigenvalue weighted by atomic mass is 10.2. The first-order valence-corrected chi connectivity index (χ1v) is 6.56. The van der Waals surface area contributed by atoms with Gasteiger partial charge in [-0.3, -0.25) is 4.98 Å². The van der Waals surface area contributed by atoms with Crippen LogP contribution in [0, 0.1) is 18.3 Å². The molecule has 0 aliphatic heterocycles. The number of nitriles is 1. The molecule has 0 amide bonds. The lowest BCUT2D eigenvalue weighted by Crippen LogP contribution is -2.25. The molecule has 0 bridgehead atoms. The van der Waals surface area contributed by atoms with Crippen molar-refractivity contribution >= 4 is 11.6 Å². The van der Waals surface area contributed by atoms with Gasteiger partial charge in [-0.2, -0.15) is 5.26 Å². The maximum absolute atomic E-state index is 8.83. The van der Waals surface area contributed by atoms with Crippen LogP contribution in [0.1, 0.15) is 17.8 Å². The van der Waals surface area contributed by atoms with E-state index in [0.717, 1.165) is 11.4 Å². The number of aromatic nitrogens is 3. The maximum Gasteiger partial charge on any atom is 0.145 e. The number of nitrogens with zero attached hydrogens (tertiary/aromatic N) is 5. The highest BCUT2D eigenvalue weighted by Crippen LogP contribution is 2.18. The zero-order chi connectivity index (χ0) is 15.1. The Morgan fingerprint density at radius 2 is 2.29 bits per heavy atom. The first-order valence-electron chi connectivity index (χ1n) is 6.56. The van der Waals surface area contributed by atoms with Gasteiger partial charge in [-0.25, -0.2) is 15.8 Å². The summed E-state index contributed by atoms with van der Waals surface area (Å²) in [5.74, 6) is 7.32. The molecule has 0 atom stereocenters. The summed E-state index contributed by atoms with van der Waals surface area (Å²) in [4.78, 5) is 14.7. The first kappa shape index (κ1) is 14.7. The summed E-state index contributed by atoms with van der Waals surface area (Å²) in [6.45, 7) is 3.00. The molecule has 0 fully saturated rings. The van der Waals surface area contributed by atoms with Crippen LogP contribution in [0.5, 0.6) is 0 Å². The molecule has 0 aliphatic carbocycles. The third kappa shape index (κ3) is 4.12. The van der Waals surface area contributed by atoms with E-state index in [0.29, 0.717) is 31.2 Å². The Bertz CT molecular complexity index is 621. The topological polar surface area (TPSA) is 104 Å². The number of rotatable bonds is 6. The minimum Gasteiger partial charge on any atom is -0.351 e. The first-order chi connectivity index (χ1) is 10.2. The van der Waals surface area contributed by atoms with Gasteiger partial charge in [0.05, 0.1) is 12.5 Å². The van der Waals surface area contributed by atoms with Crippen molar-refractivity contribution < 1.29 is 0 Å². The minimum absolute atomic E-state index is 0.411. The summed E-state index contributed by atoms with van der Waals surface area (Å²) in [6, 6.07) is 7.79. The molecule has 108 valence electrons. The van der Waals surface area contributed by atoms with Crippen LogP contribution in [0.15, 0.2) is 30.6 Å². The van der Waals surface area contributed by atoms with Crippen LogP contribution in [-0.2, 0) is 6.54 Å². The smallest absolute Gasteiger partial charge is 0.145 e. The van der Waals surface area contributed by atoms with E-state index in [1.54, 1.807) is 25.4 Å². The fourth-order valence-electron chi connectivity index (χ4n) is 1.96. The number of nitrogens with one attached hydrogen (secondary N) is 1. The summed E-state index contributed by atoms with van der Waals surface area (Å²) < 4.78 is 0. The highest BCUT2D eigenvalue weighted by molar-refractivity contribution is 5.49. The van der Waals surface area contributed by atoms with Crippen molar-refractivity contribution in [2.45, 2.75) is 19.9 Å². The quantitative estimate of drug-likeness (QED) is 0.609. The van der Waals surface area contributed by atoms with Crippen LogP contribution < -0.4 is 16.2 Å². The van der Waals surface area contributed by atoms with E-state index in [4.69, 9.17) is 11.1 Å². The van der Waals surface area contributed by atoms with Gasteiger partial charge in [0, 0.05) is 31.5 Å². The summed E-state index contributed by atoms with van der Waals surface area (Å²) >= 11 is 0. The van der Waals surface area contributed by atoms with Crippen molar-refractivity contribution in [1.29, 1.82) is 5.26 Å². The van der Waals surface area contributed by atoms with Gasteiger partial charge in [-0.05, 0) is 18.6 Å². The summed E-state index contributed by atoms with van der Waals surface area (Å²) in [6.07, 6.45) is 3.94. The lowest BCUT2D eigenvalue weighted by Gasteiger charge is -2.23. The third-order valence-electron chi connectivity index (χ3n) is 2.89. The molecule has 0 aliphatic rings. The van der Waals surface area contributed by atoms with Crippen molar-refractivity contribution in [3.8, 4) is 6.07 Å². The second kappa shape index (κ2) is 7.17. The molecule has 7 heteroatoms. The van der Waals surface area contributed by atoms with Crippen LogP contribution >= 0.6 is 0 Å². The number of hydrogen-bond acceptors (Lipinski definition) is 7. The van der Waals surface area contributed by atoms with Gasteiger partial charge in [0.25, 0.3) is 0 Å². The maximum atomic E-state index is 8.83. The average molecular weight is 283 g/mol. The predicted octanol–water partition coefficient (Wildman–Crippen LogP) is 1.39.